The third kappa shape index (κ3) is 4.94. The Kier molecular flexibility index (Phi) is 7.25. The van der Waals surface area contributed by atoms with Crippen LogP contribution in [-0.4, -0.2) is 67.5 Å². The van der Waals surface area contributed by atoms with E-state index < -0.39 is 16.1 Å². The molecule has 0 bridgehead atoms. The number of likely N-dealkylation sites (tertiary alicyclic amines) is 1. The fraction of sp³-hybridized carbons (Fsp3) is 0.882. The molecule has 2 fully saturated rings. The Morgan fingerprint density at radius 2 is 1.84 bits per heavy atom. The van der Waals surface area contributed by atoms with Gasteiger partial charge in [-0.3, -0.25) is 9.59 Å². The number of amides is 1. The second-order valence-corrected chi connectivity index (χ2v) is 8.85. The summed E-state index contributed by atoms with van der Waals surface area (Å²) in [6.45, 7) is 5.24. The number of sulfonamides is 1. The van der Waals surface area contributed by atoms with Gasteiger partial charge in [-0.15, -0.1) is 0 Å². The molecule has 0 aliphatic carbocycles. The number of rotatable bonds is 6. The van der Waals surface area contributed by atoms with Gasteiger partial charge in [0.1, 0.15) is 6.04 Å². The highest BCUT2D eigenvalue weighted by Gasteiger charge is 2.40. The van der Waals surface area contributed by atoms with Crippen molar-refractivity contribution in [1.29, 1.82) is 0 Å². The number of ether oxygens (including phenoxy) is 1. The summed E-state index contributed by atoms with van der Waals surface area (Å²) in [5, 5.41) is 0. The summed E-state index contributed by atoms with van der Waals surface area (Å²) in [7, 11) is -3.41. The molecule has 2 heterocycles. The quantitative estimate of drug-likeness (QED) is 0.656. The molecule has 0 aromatic carbocycles. The molecule has 1 amide bonds. The van der Waals surface area contributed by atoms with Gasteiger partial charge < -0.3 is 9.64 Å². The molecule has 25 heavy (non-hydrogen) atoms. The first-order valence-electron chi connectivity index (χ1n) is 9.35. The van der Waals surface area contributed by atoms with Crippen LogP contribution in [0.5, 0.6) is 0 Å². The highest BCUT2D eigenvalue weighted by atomic mass is 32.2. The number of piperidine rings is 2. The number of hydrogen-bond acceptors (Lipinski definition) is 5. The van der Waals surface area contributed by atoms with Gasteiger partial charge in [-0.1, -0.05) is 13.3 Å². The minimum absolute atomic E-state index is 0.0717. The highest BCUT2D eigenvalue weighted by molar-refractivity contribution is 7.89. The van der Waals surface area contributed by atoms with E-state index in [-0.39, 0.29) is 23.5 Å². The molecule has 0 radical (unpaired) electrons. The maximum atomic E-state index is 13.0. The predicted molar refractivity (Wildman–Crippen MR) is 94.4 cm³/mol. The molecule has 0 aromatic rings. The van der Waals surface area contributed by atoms with E-state index in [0.717, 1.165) is 19.3 Å². The molecule has 0 spiro atoms. The Morgan fingerprint density at radius 1 is 1.08 bits per heavy atom. The van der Waals surface area contributed by atoms with Crippen molar-refractivity contribution in [3.8, 4) is 0 Å². The van der Waals surface area contributed by atoms with Crippen molar-refractivity contribution in [3.05, 3.63) is 0 Å². The summed E-state index contributed by atoms with van der Waals surface area (Å²) in [5.74, 6) is -0.656. The van der Waals surface area contributed by atoms with Crippen LogP contribution >= 0.6 is 0 Å². The Labute approximate surface area is 150 Å². The number of carbonyl (C=O) groups excluding carboxylic acids is 2. The van der Waals surface area contributed by atoms with E-state index in [1.54, 1.807) is 11.8 Å². The smallest absolute Gasteiger partial charge is 0.310 e. The minimum atomic E-state index is -3.41. The molecule has 2 saturated heterocycles. The first kappa shape index (κ1) is 20.2. The fourth-order valence-corrected chi connectivity index (χ4v) is 5.44. The lowest BCUT2D eigenvalue weighted by Crippen LogP contribution is -2.55. The van der Waals surface area contributed by atoms with E-state index in [1.807, 2.05) is 6.92 Å². The van der Waals surface area contributed by atoms with Crippen LogP contribution in [0.15, 0.2) is 0 Å². The molecule has 2 atom stereocenters. The number of hydrogen-bond donors (Lipinski definition) is 0. The van der Waals surface area contributed by atoms with Gasteiger partial charge in [0.05, 0.1) is 18.3 Å². The van der Waals surface area contributed by atoms with Crippen LogP contribution in [0.1, 0.15) is 52.4 Å². The van der Waals surface area contributed by atoms with Crippen LogP contribution in [0.3, 0.4) is 0 Å². The molecule has 144 valence electrons. The van der Waals surface area contributed by atoms with Crippen LogP contribution in [-0.2, 0) is 24.3 Å². The number of esters is 1. The number of carbonyl (C=O) groups is 2. The van der Waals surface area contributed by atoms with Crippen molar-refractivity contribution in [2.75, 3.05) is 32.0 Å². The first-order valence-corrected chi connectivity index (χ1v) is 11.0. The van der Waals surface area contributed by atoms with Gasteiger partial charge in [0, 0.05) is 19.6 Å². The molecule has 7 nitrogen and oxygen atoms in total. The van der Waals surface area contributed by atoms with E-state index in [1.165, 1.54) is 4.31 Å². The summed E-state index contributed by atoms with van der Waals surface area (Å²) in [5.41, 5.74) is 0. The lowest BCUT2D eigenvalue weighted by molar-refractivity contribution is -0.152. The molecule has 2 unspecified atom stereocenters. The normalized spacial score (nSPS) is 25.6. The second-order valence-electron chi connectivity index (χ2n) is 6.81. The maximum absolute atomic E-state index is 13.0. The van der Waals surface area contributed by atoms with Gasteiger partial charge in [0.15, 0.2) is 0 Å². The summed E-state index contributed by atoms with van der Waals surface area (Å²) >= 11 is 0. The zero-order chi connectivity index (χ0) is 18.4. The van der Waals surface area contributed by atoms with E-state index in [9.17, 15) is 18.0 Å². The van der Waals surface area contributed by atoms with Crippen molar-refractivity contribution in [2.45, 2.75) is 58.4 Å². The molecule has 8 heteroatoms. The monoisotopic (exact) mass is 374 g/mol. The number of nitrogens with zero attached hydrogens (tertiary/aromatic N) is 2. The molecule has 2 rings (SSSR count). The van der Waals surface area contributed by atoms with Crippen molar-refractivity contribution in [2.24, 2.45) is 5.92 Å². The van der Waals surface area contributed by atoms with Crippen molar-refractivity contribution < 1.29 is 22.7 Å². The summed E-state index contributed by atoms with van der Waals surface area (Å²) in [6.07, 6.45) is 4.19. The maximum Gasteiger partial charge on any atom is 0.310 e. The van der Waals surface area contributed by atoms with E-state index in [2.05, 4.69) is 0 Å². The second kappa shape index (κ2) is 8.98. The summed E-state index contributed by atoms with van der Waals surface area (Å²) in [6, 6.07) is -0.619. The average Bonchev–Trinajstić information content (AvgIpc) is 2.61. The van der Waals surface area contributed by atoms with Gasteiger partial charge in [-0.25, -0.2) is 8.42 Å². The standard InChI is InChI=1S/C17H30N2O5S/c1-3-12-25(22,23)19-11-6-5-9-15(19)16(20)18-10-7-8-14(13-18)17(21)24-4-2/h14-15H,3-13H2,1-2H3. The predicted octanol–water partition coefficient (Wildman–Crippen LogP) is 1.38. The first-order chi connectivity index (χ1) is 11.9. The Bertz CT molecular complexity index is 578. The molecule has 2 aliphatic heterocycles. The van der Waals surface area contributed by atoms with Crippen molar-refractivity contribution in [3.63, 3.8) is 0 Å². The molecule has 2 aliphatic rings. The van der Waals surface area contributed by atoms with Gasteiger partial charge in [-0.05, 0) is 39.0 Å². The van der Waals surface area contributed by atoms with Crippen LogP contribution in [0.4, 0.5) is 0 Å². The molecule has 0 N–H and O–H groups in total. The highest BCUT2D eigenvalue weighted by Crippen LogP contribution is 2.26. The Balaban J connectivity index is 2.09. The zero-order valence-corrected chi connectivity index (χ0v) is 16.1. The Hall–Kier alpha value is -1.15. The molecular formula is C17H30N2O5S. The van der Waals surface area contributed by atoms with Gasteiger partial charge >= 0.3 is 5.97 Å². The fourth-order valence-electron chi connectivity index (χ4n) is 3.70. The van der Waals surface area contributed by atoms with Crippen LogP contribution in [0, 0.1) is 5.92 Å². The average molecular weight is 375 g/mol. The van der Waals surface area contributed by atoms with Crippen LogP contribution < -0.4 is 0 Å². The third-order valence-corrected chi connectivity index (χ3v) is 6.99. The minimum Gasteiger partial charge on any atom is -0.466 e. The van der Waals surface area contributed by atoms with E-state index in [4.69, 9.17) is 4.74 Å². The van der Waals surface area contributed by atoms with Gasteiger partial charge in [0.25, 0.3) is 0 Å². The molecular weight excluding hydrogens is 344 g/mol. The third-order valence-electron chi connectivity index (χ3n) is 4.91. The van der Waals surface area contributed by atoms with Crippen molar-refractivity contribution in [1.82, 2.24) is 9.21 Å². The SMILES string of the molecule is CCCS(=O)(=O)N1CCCCC1C(=O)N1CCCC(C(=O)OCC)C1. The van der Waals surface area contributed by atoms with Crippen molar-refractivity contribution >= 4 is 21.9 Å². The lowest BCUT2D eigenvalue weighted by Gasteiger charge is -2.39. The summed E-state index contributed by atoms with van der Waals surface area (Å²) in [4.78, 5) is 26.7. The Morgan fingerprint density at radius 3 is 2.52 bits per heavy atom. The van der Waals surface area contributed by atoms with Crippen LogP contribution in [0.2, 0.25) is 0 Å². The molecule has 0 saturated carbocycles. The van der Waals surface area contributed by atoms with E-state index >= 15 is 0 Å². The van der Waals surface area contributed by atoms with Gasteiger partial charge in [0.2, 0.25) is 15.9 Å². The van der Waals surface area contributed by atoms with Crippen LogP contribution in [0.25, 0.3) is 0 Å². The largest absolute Gasteiger partial charge is 0.466 e. The molecule has 0 aromatic heterocycles. The summed E-state index contributed by atoms with van der Waals surface area (Å²) < 4.78 is 31.5. The lowest BCUT2D eigenvalue weighted by atomic mass is 9.96. The topological polar surface area (TPSA) is 84.0 Å². The van der Waals surface area contributed by atoms with E-state index in [0.29, 0.717) is 45.5 Å². The van der Waals surface area contributed by atoms with Gasteiger partial charge in [-0.2, -0.15) is 4.31 Å². The zero-order valence-electron chi connectivity index (χ0n) is 15.3.